The van der Waals surface area contributed by atoms with Gasteiger partial charge in [-0.2, -0.15) is 0 Å². The summed E-state index contributed by atoms with van der Waals surface area (Å²) in [6, 6.07) is 32.5. The zero-order valence-electron chi connectivity index (χ0n) is 29.2. The lowest BCUT2D eigenvalue weighted by Gasteiger charge is -2.42. The highest BCUT2D eigenvalue weighted by atomic mass is 14.5. The minimum Gasteiger partial charge on any atom is -0.399 e. The molecule has 1 fully saturated rings. The largest absolute Gasteiger partial charge is 0.399 e. The smallest absolute Gasteiger partial charge is 0.0316 e. The summed E-state index contributed by atoms with van der Waals surface area (Å²) in [5.74, 6) is 1.65. The van der Waals surface area contributed by atoms with Crippen molar-refractivity contribution in [2.75, 3.05) is 11.5 Å². The number of nitrogens with two attached hydrogens (primary N) is 2. The van der Waals surface area contributed by atoms with Crippen LogP contribution in [0.2, 0.25) is 0 Å². The summed E-state index contributed by atoms with van der Waals surface area (Å²) >= 11 is 0. The van der Waals surface area contributed by atoms with Gasteiger partial charge in [0.25, 0.3) is 0 Å². The van der Waals surface area contributed by atoms with Gasteiger partial charge in [0.2, 0.25) is 0 Å². The van der Waals surface area contributed by atoms with Crippen molar-refractivity contribution in [1.29, 1.82) is 0 Å². The lowest BCUT2D eigenvalue weighted by Crippen LogP contribution is -2.33. The van der Waals surface area contributed by atoms with E-state index in [1.807, 2.05) is 0 Å². The molecule has 2 atom stereocenters. The molecule has 2 heteroatoms. The van der Waals surface area contributed by atoms with Gasteiger partial charge in [-0.1, -0.05) is 114 Å². The van der Waals surface area contributed by atoms with Gasteiger partial charge in [-0.15, -0.1) is 0 Å². The van der Waals surface area contributed by atoms with Crippen molar-refractivity contribution in [2.24, 2.45) is 5.92 Å². The van der Waals surface area contributed by atoms with Crippen LogP contribution < -0.4 is 11.5 Å². The van der Waals surface area contributed by atoms with Gasteiger partial charge < -0.3 is 11.5 Å². The van der Waals surface area contributed by atoms with Crippen molar-refractivity contribution in [3.63, 3.8) is 0 Å². The molecule has 0 aliphatic heterocycles. The SMILES string of the molecule is CCCCC1CCC(c2ccc(C(CCC)c3ccc(N)cc3C)cc2)(c2ccc(C(CCC)c3ccc(N)cc3C)cc2)CC1. The van der Waals surface area contributed by atoms with Crippen LogP contribution in [0, 0.1) is 19.8 Å². The molecule has 0 spiro atoms. The van der Waals surface area contributed by atoms with Crippen molar-refractivity contribution in [3.8, 4) is 0 Å². The molecule has 0 amide bonds. The first kappa shape index (κ1) is 33.8. The van der Waals surface area contributed by atoms with E-state index in [4.69, 9.17) is 11.5 Å². The summed E-state index contributed by atoms with van der Waals surface area (Å²) in [6.07, 6.45) is 13.7. The molecule has 4 N–H and O–H groups in total. The van der Waals surface area contributed by atoms with Crippen LogP contribution in [0.5, 0.6) is 0 Å². The van der Waals surface area contributed by atoms with E-state index in [9.17, 15) is 0 Å². The van der Waals surface area contributed by atoms with E-state index in [2.05, 4.69) is 120 Å². The number of nitrogen functional groups attached to an aromatic ring is 2. The van der Waals surface area contributed by atoms with E-state index in [1.54, 1.807) is 0 Å². The Balaban J connectivity index is 1.49. The van der Waals surface area contributed by atoms with Crippen LogP contribution in [0.4, 0.5) is 11.4 Å². The molecule has 1 aliphatic rings. The molecule has 46 heavy (non-hydrogen) atoms. The lowest BCUT2D eigenvalue weighted by atomic mass is 9.62. The molecule has 0 heterocycles. The minimum atomic E-state index is 0.0640. The number of aryl methyl sites for hydroxylation is 2. The molecule has 2 nitrogen and oxygen atoms in total. The Hall–Kier alpha value is -3.52. The van der Waals surface area contributed by atoms with E-state index in [1.165, 1.54) is 89.5 Å². The molecule has 5 rings (SSSR count). The maximum absolute atomic E-state index is 6.13. The van der Waals surface area contributed by atoms with Crippen molar-refractivity contribution in [3.05, 3.63) is 129 Å². The molecule has 0 radical (unpaired) electrons. The second kappa shape index (κ2) is 15.4. The Morgan fingerprint density at radius 2 is 1.04 bits per heavy atom. The van der Waals surface area contributed by atoms with Crippen LogP contribution in [0.15, 0.2) is 84.9 Å². The molecule has 0 saturated heterocycles. The fourth-order valence-corrected chi connectivity index (χ4v) is 8.53. The third-order valence-electron chi connectivity index (χ3n) is 11.1. The first-order valence-corrected chi connectivity index (χ1v) is 18.2. The Kier molecular flexibility index (Phi) is 11.3. The zero-order valence-corrected chi connectivity index (χ0v) is 29.2. The van der Waals surface area contributed by atoms with E-state index < -0.39 is 0 Å². The Bertz CT molecular complexity index is 1430. The van der Waals surface area contributed by atoms with Crippen LogP contribution in [0.25, 0.3) is 0 Å². The molecule has 244 valence electrons. The summed E-state index contributed by atoms with van der Waals surface area (Å²) in [4.78, 5) is 0. The minimum absolute atomic E-state index is 0.0640. The molecule has 2 unspecified atom stereocenters. The van der Waals surface area contributed by atoms with Gasteiger partial charge in [0.1, 0.15) is 0 Å². The Labute approximate surface area is 280 Å². The highest BCUT2D eigenvalue weighted by Gasteiger charge is 2.38. The molecule has 0 aromatic heterocycles. The van der Waals surface area contributed by atoms with Crippen molar-refractivity contribution < 1.29 is 0 Å². The van der Waals surface area contributed by atoms with Gasteiger partial charge >= 0.3 is 0 Å². The van der Waals surface area contributed by atoms with Gasteiger partial charge in [-0.3, -0.25) is 0 Å². The molecular formula is C44H58N2. The Morgan fingerprint density at radius 3 is 1.41 bits per heavy atom. The second-order valence-electron chi connectivity index (χ2n) is 14.3. The zero-order chi connectivity index (χ0) is 32.7. The van der Waals surface area contributed by atoms with Crippen LogP contribution in [0.3, 0.4) is 0 Å². The van der Waals surface area contributed by atoms with Gasteiger partial charge in [-0.25, -0.2) is 0 Å². The average molecular weight is 615 g/mol. The van der Waals surface area contributed by atoms with E-state index in [0.29, 0.717) is 11.8 Å². The predicted octanol–water partition coefficient (Wildman–Crippen LogP) is 12.0. The monoisotopic (exact) mass is 614 g/mol. The second-order valence-corrected chi connectivity index (χ2v) is 14.3. The third-order valence-corrected chi connectivity index (χ3v) is 11.1. The van der Waals surface area contributed by atoms with Gasteiger partial charge in [0.15, 0.2) is 0 Å². The van der Waals surface area contributed by atoms with Crippen molar-refractivity contribution in [2.45, 2.75) is 122 Å². The molecule has 1 saturated carbocycles. The lowest BCUT2D eigenvalue weighted by molar-refractivity contribution is 0.251. The van der Waals surface area contributed by atoms with Crippen LogP contribution in [-0.2, 0) is 5.41 Å². The molecule has 0 bridgehead atoms. The standard InChI is InChI=1S/C44H58N2/c1-6-9-12-33-25-27-44(28-26-33,36-17-13-34(14-18-36)42(10-7-2)40-23-21-38(45)29-31(40)4)37-19-15-35(16-20-37)43(11-8-3)41-24-22-39(46)30-32(41)5/h13-24,29-30,33,42-43H,6-12,25-28,45-46H2,1-5H3. The topological polar surface area (TPSA) is 52.0 Å². The van der Waals surface area contributed by atoms with Crippen LogP contribution in [0.1, 0.15) is 148 Å². The number of anilines is 2. The summed E-state index contributed by atoms with van der Waals surface area (Å²) in [5.41, 5.74) is 25.2. The first-order valence-electron chi connectivity index (χ1n) is 18.2. The molecule has 4 aromatic rings. The fraction of sp³-hybridized carbons (Fsp3) is 0.455. The summed E-state index contributed by atoms with van der Waals surface area (Å²) in [7, 11) is 0. The summed E-state index contributed by atoms with van der Waals surface area (Å²) in [6.45, 7) is 11.3. The third kappa shape index (κ3) is 7.38. The summed E-state index contributed by atoms with van der Waals surface area (Å²) < 4.78 is 0. The van der Waals surface area contributed by atoms with Crippen molar-refractivity contribution in [1.82, 2.24) is 0 Å². The van der Waals surface area contributed by atoms with Crippen LogP contribution in [-0.4, -0.2) is 0 Å². The number of hydrogen-bond donors (Lipinski definition) is 2. The van der Waals surface area contributed by atoms with Gasteiger partial charge in [0, 0.05) is 28.6 Å². The van der Waals surface area contributed by atoms with Crippen LogP contribution >= 0.6 is 0 Å². The normalized spacial score (nSPS) is 19.5. The highest BCUT2D eigenvalue weighted by molar-refractivity contribution is 5.51. The van der Waals surface area contributed by atoms with Gasteiger partial charge in [0.05, 0.1) is 0 Å². The average Bonchev–Trinajstić information content (AvgIpc) is 3.06. The van der Waals surface area contributed by atoms with E-state index in [-0.39, 0.29) is 5.41 Å². The maximum Gasteiger partial charge on any atom is 0.0316 e. The maximum atomic E-state index is 6.13. The predicted molar refractivity (Wildman–Crippen MR) is 200 cm³/mol. The van der Waals surface area contributed by atoms with Gasteiger partial charge in [-0.05, 0) is 127 Å². The molecule has 1 aliphatic carbocycles. The quantitative estimate of drug-likeness (QED) is 0.147. The fourth-order valence-electron chi connectivity index (χ4n) is 8.53. The molecule has 4 aromatic carbocycles. The number of benzene rings is 4. The summed E-state index contributed by atoms with van der Waals surface area (Å²) in [5, 5.41) is 0. The van der Waals surface area contributed by atoms with Crippen molar-refractivity contribution >= 4 is 11.4 Å². The first-order chi connectivity index (χ1) is 22.3. The number of unbranched alkanes of at least 4 members (excludes halogenated alkanes) is 1. The Morgan fingerprint density at radius 1 is 0.609 bits per heavy atom. The van der Waals surface area contributed by atoms with E-state index >= 15 is 0 Å². The highest BCUT2D eigenvalue weighted by Crippen LogP contribution is 2.48. The number of hydrogen-bond acceptors (Lipinski definition) is 2. The number of rotatable bonds is 13. The molecular weight excluding hydrogens is 556 g/mol. The van der Waals surface area contributed by atoms with E-state index in [0.717, 1.165) is 43.0 Å².